The minimum Gasteiger partial charge on any atom is -0.352 e. The van der Waals surface area contributed by atoms with Crippen molar-refractivity contribution in [3.05, 3.63) is 30.1 Å². The zero-order valence-electron chi connectivity index (χ0n) is 10.9. The van der Waals surface area contributed by atoms with E-state index in [4.69, 9.17) is 0 Å². The normalized spacial score (nSPS) is 20.6. The highest BCUT2D eigenvalue weighted by Gasteiger charge is 2.21. The van der Waals surface area contributed by atoms with E-state index in [2.05, 4.69) is 22.2 Å². The highest BCUT2D eigenvalue weighted by atomic mass is 16.1. The minimum absolute atomic E-state index is 0.144. The van der Waals surface area contributed by atoms with Crippen LogP contribution in [0.25, 0.3) is 0 Å². The van der Waals surface area contributed by atoms with Crippen LogP contribution in [0.4, 0.5) is 0 Å². The highest BCUT2D eigenvalue weighted by molar-refractivity contribution is 5.76. The summed E-state index contributed by atoms with van der Waals surface area (Å²) in [5.74, 6) is 0.144. The molecule has 1 aliphatic heterocycles. The van der Waals surface area contributed by atoms with Crippen molar-refractivity contribution in [3.8, 4) is 0 Å². The largest absolute Gasteiger partial charge is 0.352 e. The van der Waals surface area contributed by atoms with E-state index in [1.807, 2.05) is 12.1 Å². The molecule has 1 aromatic rings. The molecule has 2 heterocycles. The molecule has 1 atom stereocenters. The van der Waals surface area contributed by atoms with Crippen LogP contribution in [0.2, 0.25) is 0 Å². The zero-order valence-corrected chi connectivity index (χ0v) is 10.9. The molecule has 2 rings (SSSR count). The average Bonchev–Trinajstić information content (AvgIpc) is 2.40. The molecule has 1 saturated heterocycles. The first kappa shape index (κ1) is 13.0. The van der Waals surface area contributed by atoms with Gasteiger partial charge in [-0.3, -0.25) is 9.78 Å². The number of pyridine rings is 1. The van der Waals surface area contributed by atoms with Crippen molar-refractivity contribution in [1.29, 1.82) is 0 Å². The van der Waals surface area contributed by atoms with Crippen LogP contribution < -0.4 is 5.32 Å². The van der Waals surface area contributed by atoms with Gasteiger partial charge in [0.05, 0.1) is 0 Å². The Balaban J connectivity index is 1.75. The van der Waals surface area contributed by atoms with Crippen LogP contribution in [-0.4, -0.2) is 35.4 Å². The van der Waals surface area contributed by atoms with Crippen molar-refractivity contribution in [3.63, 3.8) is 0 Å². The Kier molecular flexibility index (Phi) is 4.70. The lowest BCUT2D eigenvalue weighted by atomic mass is 10.00. The summed E-state index contributed by atoms with van der Waals surface area (Å²) in [7, 11) is 2.11. The molecule has 98 valence electrons. The Morgan fingerprint density at radius 3 is 2.94 bits per heavy atom. The third kappa shape index (κ3) is 3.81. The Hall–Kier alpha value is -1.42. The number of carbonyl (C=O) groups excluding carboxylic acids is 1. The summed E-state index contributed by atoms with van der Waals surface area (Å²) >= 11 is 0. The molecule has 1 unspecified atom stereocenters. The molecule has 0 bridgehead atoms. The van der Waals surface area contributed by atoms with E-state index in [9.17, 15) is 4.79 Å². The van der Waals surface area contributed by atoms with Crippen molar-refractivity contribution < 1.29 is 4.79 Å². The number of piperidine rings is 1. The van der Waals surface area contributed by atoms with Crippen molar-refractivity contribution in [1.82, 2.24) is 15.2 Å². The summed E-state index contributed by atoms with van der Waals surface area (Å²) in [6, 6.07) is 4.26. The zero-order chi connectivity index (χ0) is 12.8. The van der Waals surface area contributed by atoms with Gasteiger partial charge < -0.3 is 10.2 Å². The first-order chi connectivity index (χ1) is 8.75. The van der Waals surface area contributed by atoms with E-state index in [1.54, 1.807) is 12.4 Å². The fraction of sp³-hybridized carbons (Fsp3) is 0.571. The molecule has 4 heteroatoms. The number of rotatable bonds is 4. The Morgan fingerprint density at radius 1 is 1.44 bits per heavy atom. The van der Waals surface area contributed by atoms with Gasteiger partial charge in [0.1, 0.15) is 0 Å². The third-order valence-electron chi connectivity index (χ3n) is 3.58. The first-order valence-corrected chi connectivity index (χ1v) is 6.61. The van der Waals surface area contributed by atoms with Crippen LogP contribution in [0.5, 0.6) is 0 Å². The molecule has 0 spiro atoms. The molecular weight excluding hydrogens is 226 g/mol. The van der Waals surface area contributed by atoms with Crippen molar-refractivity contribution in [2.24, 2.45) is 0 Å². The number of amides is 1. The molecule has 0 aromatic carbocycles. The second-order valence-corrected chi connectivity index (χ2v) is 4.97. The molecule has 0 radical (unpaired) electrons. The fourth-order valence-corrected chi connectivity index (χ4v) is 2.39. The highest BCUT2D eigenvalue weighted by Crippen LogP contribution is 2.17. The summed E-state index contributed by atoms with van der Waals surface area (Å²) in [4.78, 5) is 18.1. The van der Waals surface area contributed by atoms with Crippen LogP contribution in [0.15, 0.2) is 24.5 Å². The smallest absolute Gasteiger partial charge is 0.221 e. The maximum atomic E-state index is 11.9. The van der Waals surface area contributed by atoms with Gasteiger partial charge in [-0.05, 0) is 44.1 Å². The van der Waals surface area contributed by atoms with E-state index in [1.165, 1.54) is 12.8 Å². The molecule has 1 aliphatic rings. The monoisotopic (exact) mass is 247 g/mol. The lowest BCUT2D eigenvalue weighted by Gasteiger charge is -2.31. The van der Waals surface area contributed by atoms with Crippen molar-refractivity contribution >= 4 is 5.91 Å². The maximum Gasteiger partial charge on any atom is 0.221 e. The van der Waals surface area contributed by atoms with Gasteiger partial charge in [0.25, 0.3) is 0 Å². The predicted molar refractivity (Wildman–Crippen MR) is 71.0 cm³/mol. The van der Waals surface area contributed by atoms with Gasteiger partial charge in [0, 0.05) is 31.4 Å². The van der Waals surface area contributed by atoms with Gasteiger partial charge in [0.2, 0.25) is 5.91 Å². The van der Waals surface area contributed by atoms with Gasteiger partial charge in [0.15, 0.2) is 0 Å². The van der Waals surface area contributed by atoms with E-state index in [0.29, 0.717) is 19.0 Å². The summed E-state index contributed by atoms with van der Waals surface area (Å²) in [5, 5.41) is 2.97. The SMILES string of the molecule is CN1CCCCC1CC(=O)NCc1ccncc1. The summed E-state index contributed by atoms with van der Waals surface area (Å²) in [6.07, 6.45) is 7.74. The van der Waals surface area contributed by atoms with Crippen LogP contribution in [-0.2, 0) is 11.3 Å². The van der Waals surface area contributed by atoms with Gasteiger partial charge in [-0.25, -0.2) is 0 Å². The van der Waals surface area contributed by atoms with Crippen LogP contribution in [0, 0.1) is 0 Å². The molecular formula is C14H21N3O. The van der Waals surface area contributed by atoms with E-state index < -0.39 is 0 Å². The van der Waals surface area contributed by atoms with E-state index in [-0.39, 0.29) is 5.91 Å². The maximum absolute atomic E-state index is 11.9. The number of hydrogen-bond donors (Lipinski definition) is 1. The summed E-state index contributed by atoms with van der Waals surface area (Å²) in [5.41, 5.74) is 1.09. The standard InChI is InChI=1S/C14H21N3O/c1-17-9-3-2-4-13(17)10-14(18)16-11-12-5-7-15-8-6-12/h5-8,13H,2-4,9-11H2,1H3,(H,16,18). The second kappa shape index (κ2) is 6.50. The molecule has 1 fully saturated rings. The minimum atomic E-state index is 0.144. The molecule has 1 aromatic heterocycles. The lowest BCUT2D eigenvalue weighted by Crippen LogP contribution is -2.40. The van der Waals surface area contributed by atoms with Crippen LogP contribution in [0.3, 0.4) is 0 Å². The number of carbonyl (C=O) groups is 1. The molecule has 0 aliphatic carbocycles. The number of hydrogen-bond acceptors (Lipinski definition) is 3. The van der Waals surface area contributed by atoms with Crippen LogP contribution in [0.1, 0.15) is 31.2 Å². The Morgan fingerprint density at radius 2 is 2.22 bits per heavy atom. The average molecular weight is 247 g/mol. The Bertz CT molecular complexity index is 380. The number of likely N-dealkylation sites (tertiary alicyclic amines) is 1. The molecule has 0 saturated carbocycles. The van der Waals surface area contributed by atoms with Gasteiger partial charge in [-0.1, -0.05) is 6.42 Å². The summed E-state index contributed by atoms with van der Waals surface area (Å²) in [6.45, 7) is 1.71. The second-order valence-electron chi connectivity index (χ2n) is 4.97. The topological polar surface area (TPSA) is 45.2 Å². The number of aromatic nitrogens is 1. The predicted octanol–water partition coefficient (Wildman–Crippen LogP) is 1.57. The van der Waals surface area contributed by atoms with Gasteiger partial charge >= 0.3 is 0 Å². The molecule has 18 heavy (non-hydrogen) atoms. The third-order valence-corrected chi connectivity index (χ3v) is 3.58. The number of nitrogens with one attached hydrogen (secondary N) is 1. The fourth-order valence-electron chi connectivity index (χ4n) is 2.39. The van der Waals surface area contributed by atoms with Crippen LogP contribution >= 0.6 is 0 Å². The molecule has 1 N–H and O–H groups in total. The van der Waals surface area contributed by atoms with Crippen molar-refractivity contribution in [2.75, 3.05) is 13.6 Å². The van der Waals surface area contributed by atoms with Gasteiger partial charge in [-0.2, -0.15) is 0 Å². The van der Waals surface area contributed by atoms with E-state index in [0.717, 1.165) is 18.5 Å². The lowest BCUT2D eigenvalue weighted by molar-refractivity contribution is -0.122. The van der Waals surface area contributed by atoms with Crippen molar-refractivity contribution in [2.45, 2.75) is 38.3 Å². The van der Waals surface area contributed by atoms with E-state index >= 15 is 0 Å². The quantitative estimate of drug-likeness (QED) is 0.878. The molecule has 1 amide bonds. The molecule has 4 nitrogen and oxygen atoms in total. The summed E-state index contributed by atoms with van der Waals surface area (Å²) < 4.78 is 0. The first-order valence-electron chi connectivity index (χ1n) is 6.61. The number of nitrogens with zero attached hydrogens (tertiary/aromatic N) is 2. The Labute approximate surface area is 108 Å². The van der Waals surface area contributed by atoms with Gasteiger partial charge in [-0.15, -0.1) is 0 Å².